The van der Waals surface area contributed by atoms with Gasteiger partial charge < -0.3 is 4.90 Å². The molecule has 0 bridgehead atoms. The van der Waals surface area contributed by atoms with Gasteiger partial charge in [0.1, 0.15) is 0 Å². The fourth-order valence-corrected chi connectivity index (χ4v) is 10.7. The second-order valence-corrected chi connectivity index (χ2v) is 17.6. The lowest BCUT2D eigenvalue weighted by molar-refractivity contribution is 1.30. The van der Waals surface area contributed by atoms with E-state index in [1.807, 2.05) is 0 Å². The maximum atomic E-state index is 2.42. The fourth-order valence-electron chi connectivity index (χ4n) is 10.7. The number of hydrogen-bond acceptors (Lipinski definition) is 1. The summed E-state index contributed by atoms with van der Waals surface area (Å²) < 4.78 is 0. The van der Waals surface area contributed by atoms with Crippen LogP contribution in [-0.2, 0) is 0 Å². The minimum absolute atomic E-state index is 1.09. The summed E-state index contributed by atoms with van der Waals surface area (Å²) in [6.45, 7) is 0. The number of hydrogen-bond donors (Lipinski definition) is 0. The molecule has 0 spiro atoms. The van der Waals surface area contributed by atoms with Crippen LogP contribution in [0.1, 0.15) is 0 Å². The Bertz CT molecular complexity index is 4000. The van der Waals surface area contributed by atoms with Crippen LogP contribution in [0.4, 0.5) is 17.1 Å². The third-order valence-corrected chi connectivity index (χ3v) is 13.8. The van der Waals surface area contributed by atoms with Crippen LogP contribution in [0.15, 0.2) is 261 Å². The summed E-state index contributed by atoms with van der Waals surface area (Å²) in [5.74, 6) is 0. The standard InChI is InChI=1S/C66H43N/c1-3-17-48(18-4-1)65-62-24-12-11-23-58(62)60-41-35-50(43-63(60)66(65)49-19-5-2-6-20-49)44-29-36-51(37-30-44)67(64-28-14-27-57-54-22-10-8-16-46(54)34-42-61(57)64)52-38-31-47(32-39-52)55-25-13-26-56-53-21-9-7-15-45(53)33-40-59(55)56/h1-43H. The molecule has 0 aliphatic carbocycles. The summed E-state index contributed by atoms with van der Waals surface area (Å²) in [4.78, 5) is 2.42. The van der Waals surface area contributed by atoms with Gasteiger partial charge in [0.25, 0.3) is 0 Å². The molecule has 1 heteroatoms. The highest BCUT2D eigenvalue weighted by molar-refractivity contribution is 6.22. The summed E-state index contributed by atoms with van der Waals surface area (Å²) in [6, 6.07) is 95.8. The van der Waals surface area contributed by atoms with E-state index in [4.69, 9.17) is 0 Å². The molecular formula is C66H43N. The van der Waals surface area contributed by atoms with Crippen molar-refractivity contribution in [3.8, 4) is 44.5 Å². The average molecular weight is 850 g/mol. The van der Waals surface area contributed by atoms with Gasteiger partial charge in [-0.2, -0.15) is 0 Å². The van der Waals surface area contributed by atoms with E-state index in [2.05, 4.69) is 266 Å². The number of rotatable bonds is 7. The zero-order chi connectivity index (χ0) is 44.3. The Morgan fingerprint density at radius 2 is 0.642 bits per heavy atom. The van der Waals surface area contributed by atoms with Gasteiger partial charge in [0.05, 0.1) is 5.69 Å². The molecule has 0 N–H and O–H groups in total. The third-order valence-electron chi connectivity index (χ3n) is 13.8. The van der Waals surface area contributed by atoms with Gasteiger partial charge in [-0.15, -0.1) is 0 Å². The molecule has 1 nitrogen and oxygen atoms in total. The third kappa shape index (κ3) is 6.55. The quantitative estimate of drug-likeness (QED) is 0.144. The zero-order valence-electron chi connectivity index (χ0n) is 36.8. The first-order chi connectivity index (χ1) is 33.2. The Morgan fingerprint density at radius 3 is 1.28 bits per heavy atom. The van der Waals surface area contributed by atoms with Crippen molar-refractivity contribution in [2.45, 2.75) is 0 Å². The van der Waals surface area contributed by atoms with Crippen molar-refractivity contribution in [2.24, 2.45) is 0 Å². The monoisotopic (exact) mass is 849 g/mol. The van der Waals surface area contributed by atoms with E-state index in [-0.39, 0.29) is 0 Å². The summed E-state index contributed by atoms with van der Waals surface area (Å²) in [7, 11) is 0. The summed E-state index contributed by atoms with van der Waals surface area (Å²) in [6.07, 6.45) is 0. The molecule has 0 aliphatic heterocycles. The number of anilines is 3. The number of nitrogens with zero attached hydrogens (tertiary/aromatic N) is 1. The minimum Gasteiger partial charge on any atom is -0.310 e. The van der Waals surface area contributed by atoms with Gasteiger partial charge in [-0.05, 0) is 140 Å². The predicted octanol–water partition coefficient (Wildman–Crippen LogP) is 18.7. The van der Waals surface area contributed by atoms with Crippen molar-refractivity contribution in [1.29, 1.82) is 0 Å². The van der Waals surface area contributed by atoms with Crippen LogP contribution in [0.5, 0.6) is 0 Å². The van der Waals surface area contributed by atoms with Crippen molar-refractivity contribution in [3.63, 3.8) is 0 Å². The summed E-state index contributed by atoms with van der Waals surface area (Å²) >= 11 is 0. The zero-order valence-corrected chi connectivity index (χ0v) is 36.8. The first kappa shape index (κ1) is 38.7. The molecule has 13 aromatic rings. The van der Waals surface area contributed by atoms with Crippen LogP contribution in [0.3, 0.4) is 0 Å². The number of fused-ring (bicyclic) bond motifs is 9. The topological polar surface area (TPSA) is 3.24 Å². The lowest BCUT2D eigenvalue weighted by Crippen LogP contribution is -2.10. The van der Waals surface area contributed by atoms with E-state index in [1.54, 1.807) is 0 Å². The van der Waals surface area contributed by atoms with Crippen molar-refractivity contribution in [3.05, 3.63) is 261 Å². The predicted molar refractivity (Wildman–Crippen MR) is 288 cm³/mol. The van der Waals surface area contributed by atoms with Crippen LogP contribution in [0.2, 0.25) is 0 Å². The highest BCUT2D eigenvalue weighted by Crippen LogP contribution is 2.47. The van der Waals surface area contributed by atoms with Crippen LogP contribution >= 0.6 is 0 Å². The van der Waals surface area contributed by atoms with E-state index >= 15 is 0 Å². The fraction of sp³-hybridized carbons (Fsp3) is 0. The van der Waals surface area contributed by atoms with Gasteiger partial charge in [0, 0.05) is 16.8 Å². The van der Waals surface area contributed by atoms with Gasteiger partial charge in [-0.3, -0.25) is 0 Å². The highest BCUT2D eigenvalue weighted by Gasteiger charge is 2.20. The maximum absolute atomic E-state index is 2.42. The molecule has 0 atom stereocenters. The first-order valence-electron chi connectivity index (χ1n) is 23.2. The largest absolute Gasteiger partial charge is 0.310 e. The molecule has 13 rings (SSSR count). The smallest absolute Gasteiger partial charge is 0.0540 e. The Balaban J connectivity index is 0.961. The van der Waals surface area contributed by atoms with Gasteiger partial charge in [0.15, 0.2) is 0 Å². The first-order valence-corrected chi connectivity index (χ1v) is 23.2. The lowest BCUT2D eigenvalue weighted by Gasteiger charge is -2.27. The van der Waals surface area contributed by atoms with Crippen molar-refractivity contribution < 1.29 is 0 Å². The van der Waals surface area contributed by atoms with Gasteiger partial charge in [-0.1, -0.05) is 224 Å². The molecule has 312 valence electrons. The van der Waals surface area contributed by atoms with E-state index in [9.17, 15) is 0 Å². The van der Waals surface area contributed by atoms with Gasteiger partial charge in [0.2, 0.25) is 0 Å². The Hall–Kier alpha value is -8.78. The summed E-state index contributed by atoms with van der Waals surface area (Å²) in [5.41, 5.74) is 13.1. The molecule has 0 fully saturated rings. The molecule has 0 aromatic heterocycles. The molecule has 0 saturated heterocycles. The van der Waals surface area contributed by atoms with Crippen LogP contribution < -0.4 is 4.90 Å². The van der Waals surface area contributed by atoms with Crippen LogP contribution in [0.25, 0.3) is 109 Å². The molecular weight excluding hydrogens is 807 g/mol. The van der Waals surface area contributed by atoms with E-state index in [0.717, 1.165) is 17.1 Å². The van der Waals surface area contributed by atoms with Crippen LogP contribution in [-0.4, -0.2) is 0 Å². The van der Waals surface area contributed by atoms with Crippen molar-refractivity contribution in [2.75, 3.05) is 4.90 Å². The molecule has 0 unspecified atom stereocenters. The van der Waals surface area contributed by atoms with Crippen molar-refractivity contribution in [1.82, 2.24) is 0 Å². The molecule has 0 radical (unpaired) electrons. The molecule has 67 heavy (non-hydrogen) atoms. The van der Waals surface area contributed by atoms with E-state index in [1.165, 1.54) is 109 Å². The minimum atomic E-state index is 1.09. The average Bonchev–Trinajstić information content (AvgIpc) is 3.41. The van der Waals surface area contributed by atoms with Crippen molar-refractivity contribution >= 4 is 81.7 Å². The highest BCUT2D eigenvalue weighted by atomic mass is 15.1. The second-order valence-electron chi connectivity index (χ2n) is 17.6. The molecule has 0 saturated carbocycles. The van der Waals surface area contributed by atoms with E-state index < -0.39 is 0 Å². The van der Waals surface area contributed by atoms with Gasteiger partial charge in [-0.25, -0.2) is 0 Å². The van der Waals surface area contributed by atoms with Gasteiger partial charge >= 0.3 is 0 Å². The molecule has 0 amide bonds. The normalized spacial score (nSPS) is 11.6. The Morgan fingerprint density at radius 1 is 0.209 bits per heavy atom. The van der Waals surface area contributed by atoms with E-state index in [0.29, 0.717) is 0 Å². The molecule has 0 aliphatic rings. The Labute approximate surface area is 390 Å². The Kier molecular flexibility index (Phi) is 9.25. The summed E-state index contributed by atoms with van der Waals surface area (Å²) in [5, 5.41) is 15.0. The number of benzene rings is 13. The lowest BCUT2D eigenvalue weighted by atomic mass is 9.84. The SMILES string of the molecule is c1ccc(-c2c(-c3ccccc3)c3cc(-c4ccc(N(c5ccc(-c6cccc7c6ccc6ccccc67)cc5)c5cccc6c5ccc5ccccc56)cc4)ccc3c3ccccc23)cc1. The maximum Gasteiger partial charge on any atom is 0.0540 e. The second kappa shape index (κ2) is 16.0. The van der Waals surface area contributed by atoms with Crippen LogP contribution in [0, 0.1) is 0 Å². The molecule has 13 aromatic carbocycles. The molecule has 0 heterocycles.